The van der Waals surface area contributed by atoms with E-state index in [1.165, 1.54) is 16.7 Å². The highest BCUT2D eigenvalue weighted by Crippen LogP contribution is 2.47. The fourth-order valence-electron chi connectivity index (χ4n) is 4.15. The highest BCUT2D eigenvalue weighted by Gasteiger charge is 2.44. The zero-order valence-electron chi connectivity index (χ0n) is 18.8. The van der Waals surface area contributed by atoms with Crippen LogP contribution in [0.25, 0.3) is 0 Å². The van der Waals surface area contributed by atoms with E-state index in [4.69, 9.17) is 9.73 Å². The molecule has 0 aromatic heterocycles. The molecule has 4 rings (SSSR count). The summed E-state index contributed by atoms with van der Waals surface area (Å²) in [5, 5.41) is 6.89. The van der Waals surface area contributed by atoms with Crippen molar-refractivity contribution in [2.75, 3.05) is 39.4 Å². The molecule has 0 unspecified atom stereocenters. The first-order valence-corrected chi connectivity index (χ1v) is 11.3. The number of guanidine groups is 1. The Balaban J connectivity index is 0.00000289. The standard InChI is InChI=1S/C25H33FN4O.HI/c1-2-27-24(29-19-25(11-12-25)22-7-9-23(26)10-8-22)28-17-20-5-3-4-6-21(20)18-30-13-15-31-16-14-30;/h3-10H,2,11-19H2,1H3,(H2,27,28,29);1H. The summed E-state index contributed by atoms with van der Waals surface area (Å²) in [5.41, 5.74) is 3.88. The second-order valence-electron chi connectivity index (χ2n) is 8.49. The Hall–Kier alpha value is -1.71. The minimum Gasteiger partial charge on any atom is -0.379 e. The summed E-state index contributed by atoms with van der Waals surface area (Å²) in [6.45, 7) is 8.85. The number of hydrogen-bond donors (Lipinski definition) is 2. The van der Waals surface area contributed by atoms with Gasteiger partial charge in [0.15, 0.2) is 5.96 Å². The van der Waals surface area contributed by atoms with Gasteiger partial charge in [-0.3, -0.25) is 4.90 Å². The Labute approximate surface area is 207 Å². The Morgan fingerprint density at radius 2 is 1.72 bits per heavy atom. The van der Waals surface area contributed by atoms with Gasteiger partial charge in [0.25, 0.3) is 0 Å². The third-order valence-corrected chi connectivity index (χ3v) is 6.27. The SMILES string of the molecule is CCNC(=NCc1ccccc1CN1CCOCC1)NCC1(c2ccc(F)cc2)CC1.I. The third kappa shape index (κ3) is 6.65. The molecule has 2 aliphatic rings. The summed E-state index contributed by atoms with van der Waals surface area (Å²) in [6.07, 6.45) is 2.24. The molecule has 0 radical (unpaired) electrons. The van der Waals surface area contributed by atoms with Crippen LogP contribution in [0.5, 0.6) is 0 Å². The van der Waals surface area contributed by atoms with E-state index < -0.39 is 0 Å². The van der Waals surface area contributed by atoms with Crippen molar-refractivity contribution in [1.29, 1.82) is 0 Å². The second kappa shape index (κ2) is 12.0. The number of halogens is 2. The molecular formula is C25H34FIN4O. The Morgan fingerprint density at radius 3 is 2.38 bits per heavy atom. The molecule has 1 aliphatic heterocycles. The summed E-state index contributed by atoms with van der Waals surface area (Å²) < 4.78 is 18.8. The van der Waals surface area contributed by atoms with Gasteiger partial charge in [-0.25, -0.2) is 9.38 Å². The number of rotatable bonds is 8. The van der Waals surface area contributed by atoms with Gasteiger partial charge in [0.2, 0.25) is 0 Å². The molecule has 0 spiro atoms. The molecule has 1 saturated carbocycles. The van der Waals surface area contributed by atoms with Crippen LogP contribution in [-0.4, -0.2) is 50.3 Å². The van der Waals surface area contributed by atoms with E-state index >= 15 is 0 Å². The van der Waals surface area contributed by atoms with Gasteiger partial charge in [-0.2, -0.15) is 0 Å². The number of nitrogens with one attached hydrogen (secondary N) is 2. The molecule has 1 saturated heterocycles. The number of aliphatic imine (C=N–C) groups is 1. The van der Waals surface area contributed by atoms with E-state index in [9.17, 15) is 4.39 Å². The first-order valence-electron chi connectivity index (χ1n) is 11.3. The molecule has 32 heavy (non-hydrogen) atoms. The van der Waals surface area contributed by atoms with Crippen molar-refractivity contribution in [2.45, 2.75) is 38.3 Å². The van der Waals surface area contributed by atoms with Crippen LogP contribution in [-0.2, 0) is 23.2 Å². The van der Waals surface area contributed by atoms with E-state index in [1.807, 2.05) is 12.1 Å². The van der Waals surface area contributed by atoms with Crippen molar-refractivity contribution in [3.63, 3.8) is 0 Å². The lowest BCUT2D eigenvalue weighted by molar-refractivity contribution is 0.0341. The summed E-state index contributed by atoms with van der Waals surface area (Å²) in [4.78, 5) is 7.31. The van der Waals surface area contributed by atoms with Crippen LogP contribution in [0.1, 0.15) is 36.5 Å². The zero-order chi connectivity index (χ0) is 21.5. The van der Waals surface area contributed by atoms with E-state index in [1.54, 1.807) is 12.1 Å². The van der Waals surface area contributed by atoms with Crippen LogP contribution in [0.3, 0.4) is 0 Å². The van der Waals surface area contributed by atoms with Crippen LogP contribution in [0.4, 0.5) is 4.39 Å². The summed E-state index contributed by atoms with van der Waals surface area (Å²) in [5.74, 6) is 0.648. The zero-order valence-corrected chi connectivity index (χ0v) is 21.1. The van der Waals surface area contributed by atoms with E-state index in [-0.39, 0.29) is 35.2 Å². The molecule has 2 fully saturated rings. The van der Waals surface area contributed by atoms with Crippen LogP contribution in [0.15, 0.2) is 53.5 Å². The normalized spacial score (nSPS) is 18.0. The van der Waals surface area contributed by atoms with E-state index in [2.05, 4.69) is 46.7 Å². The minimum absolute atomic E-state index is 0. The van der Waals surface area contributed by atoms with Crippen molar-refractivity contribution in [3.8, 4) is 0 Å². The van der Waals surface area contributed by atoms with Gasteiger partial charge in [-0.15, -0.1) is 24.0 Å². The predicted molar refractivity (Wildman–Crippen MR) is 138 cm³/mol. The molecule has 5 nitrogen and oxygen atoms in total. The summed E-state index contributed by atoms with van der Waals surface area (Å²) >= 11 is 0. The highest BCUT2D eigenvalue weighted by atomic mass is 127. The average molecular weight is 552 g/mol. The van der Waals surface area contributed by atoms with Gasteiger partial charge in [0.05, 0.1) is 19.8 Å². The molecule has 7 heteroatoms. The summed E-state index contributed by atoms with van der Waals surface area (Å²) in [6, 6.07) is 15.5. The predicted octanol–water partition coefficient (Wildman–Crippen LogP) is 4.06. The van der Waals surface area contributed by atoms with E-state index in [0.29, 0.717) is 6.54 Å². The fourth-order valence-corrected chi connectivity index (χ4v) is 4.15. The van der Waals surface area contributed by atoms with Gasteiger partial charge in [-0.05, 0) is 48.6 Å². The first kappa shape index (κ1) is 24.9. The molecule has 0 bridgehead atoms. The second-order valence-corrected chi connectivity index (χ2v) is 8.49. The molecule has 174 valence electrons. The van der Waals surface area contributed by atoms with Gasteiger partial charge < -0.3 is 15.4 Å². The average Bonchev–Trinajstić information content (AvgIpc) is 3.59. The number of morpholine rings is 1. The quantitative estimate of drug-likeness (QED) is 0.295. The summed E-state index contributed by atoms with van der Waals surface area (Å²) in [7, 11) is 0. The molecule has 2 aromatic carbocycles. The van der Waals surface area contributed by atoms with Crippen molar-refractivity contribution < 1.29 is 9.13 Å². The van der Waals surface area contributed by atoms with Gasteiger partial charge in [-0.1, -0.05) is 36.4 Å². The molecule has 2 aromatic rings. The highest BCUT2D eigenvalue weighted by molar-refractivity contribution is 14.0. The molecule has 2 N–H and O–H groups in total. The van der Waals surface area contributed by atoms with Crippen LogP contribution in [0.2, 0.25) is 0 Å². The first-order chi connectivity index (χ1) is 15.2. The Bertz CT molecular complexity index is 880. The molecule has 1 aliphatic carbocycles. The van der Waals surface area contributed by atoms with Gasteiger partial charge in [0, 0.05) is 38.1 Å². The topological polar surface area (TPSA) is 48.9 Å². The lowest BCUT2D eigenvalue weighted by atomic mass is 9.96. The van der Waals surface area contributed by atoms with Crippen molar-refractivity contribution in [1.82, 2.24) is 15.5 Å². The molecule has 0 atom stereocenters. The van der Waals surface area contributed by atoms with Crippen LogP contribution < -0.4 is 10.6 Å². The van der Waals surface area contributed by atoms with Gasteiger partial charge in [0.1, 0.15) is 5.82 Å². The van der Waals surface area contributed by atoms with Crippen LogP contribution >= 0.6 is 24.0 Å². The monoisotopic (exact) mass is 552 g/mol. The number of nitrogens with zero attached hydrogens (tertiary/aromatic N) is 2. The maximum atomic E-state index is 13.3. The third-order valence-electron chi connectivity index (χ3n) is 6.27. The molecule has 0 amide bonds. The van der Waals surface area contributed by atoms with E-state index in [0.717, 1.165) is 64.7 Å². The lowest BCUT2D eigenvalue weighted by Gasteiger charge is -2.27. The van der Waals surface area contributed by atoms with Gasteiger partial charge >= 0.3 is 0 Å². The maximum absolute atomic E-state index is 13.3. The number of ether oxygens (including phenoxy) is 1. The fraction of sp³-hybridized carbons (Fsp3) is 0.480. The van der Waals surface area contributed by atoms with Crippen molar-refractivity contribution >= 4 is 29.9 Å². The van der Waals surface area contributed by atoms with Crippen LogP contribution in [0, 0.1) is 5.82 Å². The van der Waals surface area contributed by atoms with Crippen molar-refractivity contribution in [3.05, 3.63) is 71.0 Å². The largest absolute Gasteiger partial charge is 0.379 e. The smallest absolute Gasteiger partial charge is 0.191 e. The lowest BCUT2D eigenvalue weighted by Crippen LogP contribution is -2.41. The Kier molecular flexibility index (Phi) is 9.31. The molecule has 1 heterocycles. The molecular weight excluding hydrogens is 518 g/mol. The minimum atomic E-state index is -0.182. The maximum Gasteiger partial charge on any atom is 0.191 e. The number of benzene rings is 2. The van der Waals surface area contributed by atoms with Crippen molar-refractivity contribution in [2.24, 2.45) is 4.99 Å². The Morgan fingerprint density at radius 1 is 1.03 bits per heavy atom. The number of hydrogen-bond acceptors (Lipinski definition) is 3.